The van der Waals surface area contributed by atoms with Crippen molar-refractivity contribution >= 4 is 15.9 Å². The maximum absolute atomic E-state index is 9.02. The fraction of sp³-hybridized carbons (Fsp3) is 0.214. The lowest BCUT2D eigenvalue weighted by atomic mass is 10.2. The highest BCUT2D eigenvalue weighted by Crippen LogP contribution is 2.26. The highest BCUT2D eigenvalue weighted by molar-refractivity contribution is 9.10. The smallest absolute Gasteiger partial charge is 0.134 e. The van der Waals surface area contributed by atoms with E-state index in [1.807, 2.05) is 37.4 Å². The van der Waals surface area contributed by atoms with E-state index in [1.54, 1.807) is 6.20 Å². The van der Waals surface area contributed by atoms with Gasteiger partial charge in [0.2, 0.25) is 0 Å². The molecule has 4 heteroatoms. The van der Waals surface area contributed by atoms with E-state index in [2.05, 4.69) is 20.9 Å². The molecule has 0 radical (unpaired) electrons. The number of hydrogen-bond donors (Lipinski definition) is 1. The SMILES string of the molecule is Cc1cncc(COc2ccc(CO)cc2Br)c1. The van der Waals surface area contributed by atoms with E-state index in [9.17, 15) is 0 Å². The van der Waals surface area contributed by atoms with E-state index in [4.69, 9.17) is 9.84 Å². The van der Waals surface area contributed by atoms with Crippen LogP contribution in [0.5, 0.6) is 5.75 Å². The third-order valence-corrected chi connectivity index (χ3v) is 3.12. The van der Waals surface area contributed by atoms with Gasteiger partial charge in [-0.1, -0.05) is 6.07 Å². The Morgan fingerprint density at radius 3 is 2.72 bits per heavy atom. The monoisotopic (exact) mass is 307 g/mol. The van der Waals surface area contributed by atoms with E-state index in [1.165, 1.54) is 0 Å². The first kappa shape index (κ1) is 13.1. The van der Waals surface area contributed by atoms with Crippen molar-refractivity contribution in [1.29, 1.82) is 0 Å². The van der Waals surface area contributed by atoms with Gasteiger partial charge in [0.15, 0.2) is 0 Å². The van der Waals surface area contributed by atoms with E-state index in [-0.39, 0.29) is 6.61 Å². The molecule has 1 N–H and O–H groups in total. The molecule has 1 aromatic heterocycles. The molecule has 0 atom stereocenters. The standard InChI is InChI=1S/C14H14BrNO2/c1-10-4-12(7-16-6-10)9-18-14-3-2-11(8-17)5-13(14)15/h2-7,17H,8-9H2,1H3. The van der Waals surface area contributed by atoms with Crippen LogP contribution < -0.4 is 4.74 Å². The molecule has 0 unspecified atom stereocenters. The van der Waals surface area contributed by atoms with Gasteiger partial charge < -0.3 is 9.84 Å². The number of halogens is 1. The number of rotatable bonds is 4. The Morgan fingerprint density at radius 1 is 1.22 bits per heavy atom. The molecule has 0 saturated carbocycles. The molecule has 0 aliphatic rings. The van der Waals surface area contributed by atoms with Gasteiger partial charge in [-0.05, 0) is 52.2 Å². The number of aromatic nitrogens is 1. The summed E-state index contributed by atoms with van der Waals surface area (Å²) in [4.78, 5) is 4.12. The summed E-state index contributed by atoms with van der Waals surface area (Å²) in [6.07, 6.45) is 3.61. The summed E-state index contributed by atoms with van der Waals surface area (Å²) in [6, 6.07) is 7.58. The van der Waals surface area contributed by atoms with Crippen LogP contribution in [0.1, 0.15) is 16.7 Å². The van der Waals surface area contributed by atoms with Gasteiger partial charge in [-0.2, -0.15) is 0 Å². The van der Waals surface area contributed by atoms with Crippen LogP contribution in [0, 0.1) is 6.92 Å². The van der Waals surface area contributed by atoms with Crippen molar-refractivity contribution in [3.8, 4) is 5.75 Å². The topological polar surface area (TPSA) is 42.4 Å². The summed E-state index contributed by atoms with van der Waals surface area (Å²) >= 11 is 3.42. The van der Waals surface area contributed by atoms with Crippen LogP contribution in [0.3, 0.4) is 0 Å². The molecule has 2 rings (SSSR count). The molecule has 0 aliphatic carbocycles. The Kier molecular flexibility index (Phi) is 4.33. The van der Waals surface area contributed by atoms with Crippen LogP contribution in [0.15, 0.2) is 41.1 Å². The van der Waals surface area contributed by atoms with Gasteiger partial charge in [-0.15, -0.1) is 0 Å². The summed E-state index contributed by atoms with van der Waals surface area (Å²) in [6.45, 7) is 2.51. The summed E-state index contributed by atoms with van der Waals surface area (Å²) in [5, 5.41) is 9.02. The zero-order valence-corrected chi connectivity index (χ0v) is 11.6. The van der Waals surface area contributed by atoms with Crippen molar-refractivity contribution in [2.24, 2.45) is 0 Å². The second-order valence-corrected chi connectivity index (χ2v) is 4.94. The third kappa shape index (κ3) is 3.31. The Balaban J connectivity index is 2.06. The number of hydrogen-bond acceptors (Lipinski definition) is 3. The number of ether oxygens (including phenoxy) is 1. The predicted molar refractivity (Wildman–Crippen MR) is 73.4 cm³/mol. The minimum absolute atomic E-state index is 0.0285. The van der Waals surface area contributed by atoms with Gasteiger partial charge in [0.05, 0.1) is 11.1 Å². The molecule has 0 spiro atoms. The lowest BCUT2D eigenvalue weighted by Gasteiger charge is -2.09. The molecule has 0 fully saturated rings. The summed E-state index contributed by atoms with van der Waals surface area (Å²) in [5.41, 5.74) is 3.00. The second kappa shape index (κ2) is 5.98. The van der Waals surface area contributed by atoms with Crippen LogP contribution in [0.2, 0.25) is 0 Å². The van der Waals surface area contributed by atoms with Gasteiger partial charge in [0.25, 0.3) is 0 Å². The van der Waals surface area contributed by atoms with Crippen molar-refractivity contribution in [3.05, 3.63) is 57.8 Å². The zero-order valence-electron chi connectivity index (χ0n) is 10.1. The summed E-state index contributed by atoms with van der Waals surface area (Å²) in [7, 11) is 0. The molecule has 2 aromatic rings. The number of nitrogens with zero attached hydrogens (tertiary/aromatic N) is 1. The molecule has 3 nitrogen and oxygen atoms in total. The van der Waals surface area contributed by atoms with Crippen molar-refractivity contribution < 1.29 is 9.84 Å². The van der Waals surface area contributed by atoms with E-state index < -0.39 is 0 Å². The average Bonchev–Trinajstić information content (AvgIpc) is 2.37. The first-order chi connectivity index (χ1) is 8.69. The number of pyridine rings is 1. The predicted octanol–water partition coefficient (Wildman–Crippen LogP) is 3.22. The van der Waals surface area contributed by atoms with Crippen molar-refractivity contribution in [1.82, 2.24) is 4.98 Å². The van der Waals surface area contributed by atoms with Gasteiger partial charge >= 0.3 is 0 Å². The molecule has 94 valence electrons. The van der Waals surface area contributed by atoms with Crippen molar-refractivity contribution in [2.45, 2.75) is 20.1 Å². The molecule has 0 aliphatic heterocycles. The first-order valence-corrected chi connectivity index (χ1v) is 6.41. The molecular weight excluding hydrogens is 294 g/mol. The summed E-state index contributed by atoms with van der Waals surface area (Å²) < 4.78 is 6.55. The Morgan fingerprint density at radius 2 is 2.06 bits per heavy atom. The molecule has 1 heterocycles. The quantitative estimate of drug-likeness (QED) is 0.943. The second-order valence-electron chi connectivity index (χ2n) is 4.08. The summed E-state index contributed by atoms with van der Waals surface area (Å²) in [5.74, 6) is 0.758. The maximum Gasteiger partial charge on any atom is 0.134 e. The Labute approximate surface area is 115 Å². The number of benzene rings is 1. The van der Waals surface area contributed by atoms with E-state index in [0.717, 1.165) is 26.9 Å². The Hall–Kier alpha value is -1.39. The molecule has 0 bridgehead atoms. The lowest BCUT2D eigenvalue weighted by Crippen LogP contribution is -1.97. The molecule has 0 saturated heterocycles. The average molecular weight is 308 g/mol. The third-order valence-electron chi connectivity index (χ3n) is 2.50. The van der Waals surface area contributed by atoms with Crippen LogP contribution in [0.25, 0.3) is 0 Å². The zero-order chi connectivity index (χ0) is 13.0. The van der Waals surface area contributed by atoms with Crippen molar-refractivity contribution in [3.63, 3.8) is 0 Å². The molecule has 18 heavy (non-hydrogen) atoms. The largest absolute Gasteiger partial charge is 0.488 e. The van der Waals surface area contributed by atoms with Gasteiger partial charge in [-0.3, -0.25) is 4.98 Å². The van der Waals surface area contributed by atoms with E-state index >= 15 is 0 Å². The number of aliphatic hydroxyl groups is 1. The van der Waals surface area contributed by atoms with Crippen LogP contribution in [0.4, 0.5) is 0 Å². The van der Waals surface area contributed by atoms with Gasteiger partial charge in [0.1, 0.15) is 12.4 Å². The maximum atomic E-state index is 9.02. The first-order valence-electron chi connectivity index (χ1n) is 5.61. The molecular formula is C14H14BrNO2. The molecule has 1 aromatic carbocycles. The highest BCUT2D eigenvalue weighted by atomic mass is 79.9. The molecule has 0 amide bonds. The number of aryl methyl sites for hydroxylation is 1. The lowest BCUT2D eigenvalue weighted by molar-refractivity contribution is 0.280. The van der Waals surface area contributed by atoms with Crippen LogP contribution in [-0.2, 0) is 13.2 Å². The number of aliphatic hydroxyl groups excluding tert-OH is 1. The van der Waals surface area contributed by atoms with Gasteiger partial charge in [0, 0.05) is 18.0 Å². The minimum atomic E-state index is 0.0285. The highest BCUT2D eigenvalue weighted by Gasteiger charge is 2.03. The van der Waals surface area contributed by atoms with E-state index in [0.29, 0.717) is 6.61 Å². The fourth-order valence-electron chi connectivity index (χ4n) is 1.62. The Bertz CT molecular complexity index is 543. The normalized spacial score (nSPS) is 10.4. The fourth-order valence-corrected chi connectivity index (χ4v) is 2.16. The minimum Gasteiger partial charge on any atom is -0.488 e. The van der Waals surface area contributed by atoms with Crippen LogP contribution >= 0.6 is 15.9 Å². The van der Waals surface area contributed by atoms with Gasteiger partial charge in [-0.25, -0.2) is 0 Å². The van der Waals surface area contributed by atoms with Crippen LogP contribution in [-0.4, -0.2) is 10.1 Å². The van der Waals surface area contributed by atoms with Crippen molar-refractivity contribution in [2.75, 3.05) is 0 Å².